The van der Waals surface area contributed by atoms with Crippen LogP contribution in [0.3, 0.4) is 0 Å². The van der Waals surface area contributed by atoms with Crippen molar-refractivity contribution in [1.29, 1.82) is 0 Å². The van der Waals surface area contributed by atoms with Gasteiger partial charge in [-0.2, -0.15) is 0 Å². The Kier molecular flexibility index (Phi) is 4.45. The third kappa shape index (κ3) is 3.59. The topological polar surface area (TPSA) is 12.0 Å². The number of hydrogen-bond donors (Lipinski definition) is 1. The Labute approximate surface area is 126 Å². The van der Waals surface area contributed by atoms with E-state index in [1.807, 2.05) is 0 Å². The fraction of sp³-hybridized carbons (Fsp3) is 1.00. The van der Waals surface area contributed by atoms with E-state index in [1.165, 1.54) is 64.3 Å². The quantitative estimate of drug-likeness (QED) is 0.690. The molecule has 3 saturated carbocycles. The summed E-state index contributed by atoms with van der Waals surface area (Å²) in [4.78, 5) is 0. The molecule has 0 heterocycles. The van der Waals surface area contributed by atoms with E-state index in [0.717, 1.165) is 29.7 Å². The lowest BCUT2D eigenvalue weighted by atomic mass is 9.69. The maximum absolute atomic E-state index is 3.95. The first-order chi connectivity index (χ1) is 9.60. The second kappa shape index (κ2) is 5.99. The van der Waals surface area contributed by atoms with Crippen molar-refractivity contribution in [2.45, 2.75) is 84.6 Å². The van der Waals surface area contributed by atoms with Gasteiger partial charge in [0.05, 0.1) is 0 Å². The average Bonchev–Trinajstić information content (AvgIpc) is 3.33. The normalized spacial score (nSPS) is 31.8. The SMILES string of the molecule is CCC(C)(C)C1CCC(NCC(C2CC2)C2CC2)CC1. The molecule has 3 aliphatic carbocycles. The van der Waals surface area contributed by atoms with E-state index in [9.17, 15) is 0 Å². The molecule has 0 aromatic rings. The van der Waals surface area contributed by atoms with Gasteiger partial charge in [0.15, 0.2) is 0 Å². The third-order valence-electron chi connectivity index (χ3n) is 6.84. The summed E-state index contributed by atoms with van der Waals surface area (Å²) in [5.41, 5.74) is 0.565. The first-order valence-corrected chi connectivity index (χ1v) is 9.33. The zero-order valence-corrected chi connectivity index (χ0v) is 14.0. The lowest BCUT2D eigenvalue weighted by Gasteiger charge is -2.39. The highest BCUT2D eigenvalue weighted by Gasteiger charge is 2.41. The second-order valence-corrected chi connectivity index (χ2v) is 8.64. The van der Waals surface area contributed by atoms with Crippen LogP contribution in [0.4, 0.5) is 0 Å². The van der Waals surface area contributed by atoms with Gasteiger partial charge in [-0.15, -0.1) is 0 Å². The summed E-state index contributed by atoms with van der Waals surface area (Å²) < 4.78 is 0. The molecule has 1 heteroatoms. The van der Waals surface area contributed by atoms with Crippen LogP contribution in [0.25, 0.3) is 0 Å². The highest BCUT2D eigenvalue weighted by molar-refractivity contribution is 4.93. The van der Waals surface area contributed by atoms with Crippen molar-refractivity contribution in [3.05, 3.63) is 0 Å². The average molecular weight is 277 g/mol. The molecule has 3 fully saturated rings. The molecule has 116 valence electrons. The largest absolute Gasteiger partial charge is 0.314 e. The van der Waals surface area contributed by atoms with Gasteiger partial charge in [-0.1, -0.05) is 27.2 Å². The van der Waals surface area contributed by atoms with Crippen molar-refractivity contribution in [3.63, 3.8) is 0 Å². The molecule has 0 bridgehead atoms. The molecule has 0 aliphatic heterocycles. The number of rotatable bonds is 7. The molecule has 0 amide bonds. The minimum Gasteiger partial charge on any atom is -0.314 e. The summed E-state index contributed by atoms with van der Waals surface area (Å²) in [5.74, 6) is 4.21. The van der Waals surface area contributed by atoms with E-state index in [1.54, 1.807) is 0 Å². The predicted molar refractivity (Wildman–Crippen MR) is 86.8 cm³/mol. The molecule has 0 radical (unpaired) electrons. The van der Waals surface area contributed by atoms with Crippen molar-refractivity contribution in [1.82, 2.24) is 5.32 Å². The van der Waals surface area contributed by atoms with Gasteiger partial charge in [0.1, 0.15) is 0 Å². The van der Waals surface area contributed by atoms with Gasteiger partial charge in [-0.05, 0) is 87.0 Å². The summed E-state index contributed by atoms with van der Waals surface area (Å²) in [6, 6.07) is 0.832. The molecule has 20 heavy (non-hydrogen) atoms. The van der Waals surface area contributed by atoms with E-state index in [4.69, 9.17) is 0 Å². The maximum atomic E-state index is 3.95. The van der Waals surface area contributed by atoms with Crippen molar-refractivity contribution in [2.75, 3.05) is 6.54 Å². The van der Waals surface area contributed by atoms with Crippen molar-refractivity contribution in [3.8, 4) is 0 Å². The Morgan fingerprint density at radius 1 is 0.900 bits per heavy atom. The highest BCUT2D eigenvalue weighted by atomic mass is 14.9. The Bertz CT molecular complexity index is 294. The van der Waals surface area contributed by atoms with Crippen LogP contribution in [0.5, 0.6) is 0 Å². The van der Waals surface area contributed by atoms with Gasteiger partial charge in [0.25, 0.3) is 0 Å². The molecular weight excluding hydrogens is 242 g/mol. The first kappa shape index (κ1) is 14.9. The van der Waals surface area contributed by atoms with Crippen molar-refractivity contribution < 1.29 is 0 Å². The fourth-order valence-corrected chi connectivity index (χ4v) is 4.44. The van der Waals surface area contributed by atoms with E-state index < -0.39 is 0 Å². The monoisotopic (exact) mass is 277 g/mol. The van der Waals surface area contributed by atoms with Gasteiger partial charge in [0.2, 0.25) is 0 Å². The van der Waals surface area contributed by atoms with Crippen LogP contribution >= 0.6 is 0 Å². The second-order valence-electron chi connectivity index (χ2n) is 8.64. The van der Waals surface area contributed by atoms with Gasteiger partial charge < -0.3 is 5.32 Å². The van der Waals surface area contributed by atoms with Crippen LogP contribution in [-0.4, -0.2) is 12.6 Å². The van der Waals surface area contributed by atoms with Crippen molar-refractivity contribution >= 4 is 0 Å². The van der Waals surface area contributed by atoms with Crippen LogP contribution in [0, 0.1) is 29.1 Å². The molecule has 3 aliphatic rings. The summed E-state index contributed by atoms with van der Waals surface area (Å²) in [7, 11) is 0. The van der Waals surface area contributed by atoms with E-state index in [0.29, 0.717) is 5.41 Å². The van der Waals surface area contributed by atoms with Crippen LogP contribution < -0.4 is 5.32 Å². The molecule has 1 N–H and O–H groups in total. The lowest BCUT2D eigenvalue weighted by Crippen LogP contribution is -2.39. The van der Waals surface area contributed by atoms with E-state index in [-0.39, 0.29) is 0 Å². The van der Waals surface area contributed by atoms with E-state index >= 15 is 0 Å². The molecule has 0 spiro atoms. The smallest absolute Gasteiger partial charge is 0.00673 e. The number of nitrogens with one attached hydrogen (secondary N) is 1. The molecule has 0 atom stereocenters. The molecule has 0 aromatic heterocycles. The van der Waals surface area contributed by atoms with Gasteiger partial charge >= 0.3 is 0 Å². The zero-order chi connectivity index (χ0) is 14.2. The number of hydrogen-bond acceptors (Lipinski definition) is 1. The minimum absolute atomic E-state index is 0.565. The van der Waals surface area contributed by atoms with Gasteiger partial charge in [-0.25, -0.2) is 0 Å². The fourth-order valence-electron chi connectivity index (χ4n) is 4.44. The summed E-state index contributed by atoms with van der Waals surface area (Å²) >= 11 is 0. The molecule has 3 rings (SSSR count). The molecular formula is C19H35N. The summed E-state index contributed by atoms with van der Waals surface area (Å²) in [6.07, 6.45) is 13.2. The maximum Gasteiger partial charge on any atom is 0.00673 e. The Hall–Kier alpha value is -0.0400. The van der Waals surface area contributed by atoms with Crippen LogP contribution in [-0.2, 0) is 0 Å². The molecule has 0 aromatic carbocycles. The van der Waals surface area contributed by atoms with Gasteiger partial charge in [-0.3, -0.25) is 0 Å². The highest BCUT2D eigenvalue weighted by Crippen LogP contribution is 2.49. The minimum atomic E-state index is 0.565. The lowest BCUT2D eigenvalue weighted by molar-refractivity contribution is 0.135. The first-order valence-electron chi connectivity index (χ1n) is 9.33. The summed E-state index contributed by atoms with van der Waals surface area (Å²) in [5, 5.41) is 3.95. The Balaban J connectivity index is 1.40. The predicted octanol–water partition coefficient (Wildman–Crippen LogP) is 5.01. The van der Waals surface area contributed by atoms with Crippen LogP contribution in [0.15, 0.2) is 0 Å². The summed E-state index contributed by atoms with van der Waals surface area (Å²) in [6.45, 7) is 8.64. The van der Waals surface area contributed by atoms with Crippen LogP contribution in [0.2, 0.25) is 0 Å². The zero-order valence-electron chi connectivity index (χ0n) is 14.0. The third-order valence-corrected chi connectivity index (χ3v) is 6.84. The molecule has 0 unspecified atom stereocenters. The van der Waals surface area contributed by atoms with E-state index in [2.05, 4.69) is 26.1 Å². The molecule has 0 saturated heterocycles. The van der Waals surface area contributed by atoms with Gasteiger partial charge in [0, 0.05) is 6.04 Å². The molecule has 1 nitrogen and oxygen atoms in total. The Morgan fingerprint density at radius 2 is 1.45 bits per heavy atom. The Morgan fingerprint density at radius 3 is 1.90 bits per heavy atom. The van der Waals surface area contributed by atoms with Crippen molar-refractivity contribution in [2.24, 2.45) is 29.1 Å². The standard InChI is InChI=1S/C19H35N/c1-4-19(2,3)16-9-11-17(12-10-16)20-13-18(14-5-6-14)15-7-8-15/h14-18,20H,4-13H2,1-3H3. The van der Waals surface area contributed by atoms with Crippen LogP contribution in [0.1, 0.15) is 78.6 Å².